The molecule has 1 aliphatic rings. The highest BCUT2D eigenvalue weighted by atomic mass is 16.6. The van der Waals surface area contributed by atoms with Crippen LogP contribution >= 0.6 is 0 Å². The van der Waals surface area contributed by atoms with E-state index in [9.17, 15) is 19.2 Å². The van der Waals surface area contributed by atoms with Crippen LogP contribution in [0.2, 0.25) is 0 Å². The van der Waals surface area contributed by atoms with Gasteiger partial charge in [-0.2, -0.15) is 0 Å². The lowest BCUT2D eigenvalue weighted by atomic mass is 10.1. The quantitative estimate of drug-likeness (QED) is 0.471. The van der Waals surface area contributed by atoms with Gasteiger partial charge in [-0.1, -0.05) is 0 Å². The molecule has 1 aliphatic heterocycles. The third-order valence-electron chi connectivity index (χ3n) is 4.86. The number of aromatic nitrogens is 1. The molecule has 2 aromatic rings. The number of nitrogens with zero attached hydrogens (tertiary/aromatic N) is 3. The maximum absolute atomic E-state index is 13.3. The van der Waals surface area contributed by atoms with Crippen LogP contribution in [0.25, 0.3) is 0 Å². The van der Waals surface area contributed by atoms with E-state index in [1.165, 1.54) is 68.7 Å². The van der Waals surface area contributed by atoms with Gasteiger partial charge in [0.1, 0.15) is 5.69 Å². The Morgan fingerprint density at radius 2 is 1.48 bits per heavy atom. The lowest BCUT2D eigenvalue weighted by molar-refractivity contribution is -0.132. The second kappa shape index (κ2) is 9.98. The minimum absolute atomic E-state index is 0.0494. The van der Waals surface area contributed by atoms with Gasteiger partial charge in [0, 0.05) is 31.8 Å². The number of carbonyl (C=O) groups excluding carboxylic acids is 4. The summed E-state index contributed by atoms with van der Waals surface area (Å²) in [7, 11) is 3.98. The van der Waals surface area contributed by atoms with Crippen molar-refractivity contribution in [3.63, 3.8) is 0 Å². The van der Waals surface area contributed by atoms with E-state index >= 15 is 0 Å². The molecule has 1 saturated heterocycles. The Kier molecular flexibility index (Phi) is 7.11. The fraction of sp³-hybridized carbons (Fsp3) is 0.318. The zero-order valence-corrected chi connectivity index (χ0v) is 18.6. The van der Waals surface area contributed by atoms with Gasteiger partial charge in [0.2, 0.25) is 5.75 Å². The van der Waals surface area contributed by atoms with Crippen molar-refractivity contribution in [3.05, 3.63) is 47.3 Å². The Morgan fingerprint density at radius 1 is 0.879 bits per heavy atom. The van der Waals surface area contributed by atoms with Crippen molar-refractivity contribution < 1.29 is 38.1 Å². The number of amides is 2. The van der Waals surface area contributed by atoms with Gasteiger partial charge in [-0.05, 0) is 30.7 Å². The molecule has 0 aliphatic carbocycles. The standard InChI is InChI=1S/C22H23N3O8/c1-13(26)33-19-17(30-2)10-15(11-18(19)31-3)20(27)24-8-5-9-25(24)21(28)16-7-6-14(12-23-16)22(29)32-4/h6-7,10-12H,5,8-9H2,1-4H3. The molecule has 1 aromatic heterocycles. The Bertz CT molecular complexity index is 1060. The van der Waals surface area contributed by atoms with Gasteiger partial charge in [-0.3, -0.25) is 19.4 Å². The van der Waals surface area contributed by atoms with Crippen molar-refractivity contribution in [2.75, 3.05) is 34.4 Å². The number of hydrogen-bond donors (Lipinski definition) is 0. The molecule has 0 N–H and O–H groups in total. The molecule has 11 heteroatoms. The molecule has 33 heavy (non-hydrogen) atoms. The number of ether oxygens (including phenoxy) is 4. The lowest BCUT2D eigenvalue weighted by Gasteiger charge is -2.28. The van der Waals surface area contributed by atoms with Crippen molar-refractivity contribution >= 4 is 23.8 Å². The minimum Gasteiger partial charge on any atom is -0.493 e. The van der Waals surface area contributed by atoms with Crippen LogP contribution < -0.4 is 14.2 Å². The number of hydrogen-bond acceptors (Lipinski definition) is 9. The predicted molar refractivity (Wildman–Crippen MR) is 113 cm³/mol. The number of methoxy groups -OCH3 is 3. The van der Waals surface area contributed by atoms with Crippen LogP contribution in [0.5, 0.6) is 17.2 Å². The Morgan fingerprint density at radius 3 is 1.97 bits per heavy atom. The van der Waals surface area contributed by atoms with E-state index in [0.29, 0.717) is 19.5 Å². The molecule has 2 heterocycles. The first-order valence-corrected chi connectivity index (χ1v) is 9.93. The van der Waals surface area contributed by atoms with Crippen molar-refractivity contribution in [2.24, 2.45) is 0 Å². The summed E-state index contributed by atoms with van der Waals surface area (Å²) in [6.45, 7) is 1.85. The summed E-state index contributed by atoms with van der Waals surface area (Å²) in [6.07, 6.45) is 1.81. The number of pyridine rings is 1. The Labute approximate surface area is 189 Å². The molecule has 0 bridgehead atoms. The lowest BCUT2D eigenvalue weighted by Crippen LogP contribution is -2.45. The smallest absolute Gasteiger partial charge is 0.339 e. The minimum atomic E-state index is -0.576. The summed E-state index contributed by atoms with van der Waals surface area (Å²) in [5.41, 5.74) is 0.450. The van der Waals surface area contributed by atoms with Gasteiger partial charge in [-0.25, -0.2) is 14.8 Å². The zero-order valence-electron chi connectivity index (χ0n) is 18.6. The van der Waals surface area contributed by atoms with Crippen LogP contribution in [0.1, 0.15) is 44.5 Å². The molecule has 0 atom stereocenters. The highest BCUT2D eigenvalue weighted by Crippen LogP contribution is 2.39. The Hall–Kier alpha value is -4.15. The molecule has 1 aromatic carbocycles. The molecule has 11 nitrogen and oxygen atoms in total. The van der Waals surface area contributed by atoms with E-state index in [4.69, 9.17) is 14.2 Å². The number of esters is 2. The summed E-state index contributed by atoms with van der Waals surface area (Å²) >= 11 is 0. The van der Waals surface area contributed by atoms with Gasteiger partial charge in [0.25, 0.3) is 11.8 Å². The molecular formula is C22H23N3O8. The van der Waals surface area contributed by atoms with Crippen molar-refractivity contribution in [1.82, 2.24) is 15.0 Å². The molecular weight excluding hydrogens is 434 g/mol. The molecule has 0 saturated carbocycles. The van der Waals surface area contributed by atoms with Crippen molar-refractivity contribution in [1.29, 1.82) is 0 Å². The van der Waals surface area contributed by atoms with Gasteiger partial charge in [0.15, 0.2) is 11.5 Å². The molecule has 0 radical (unpaired) electrons. The van der Waals surface area contributed by atoms with E-state index in [2.05, 4.69) is 9.72 Å². The summed E-state index contributed by atoms with van der Waals surface area (Å²) in [5.74, 6) is -1.80. The number of rotatable bonds is 6. The van der Waals surface area contributed by atoms with Crippen LogP contribution in [0.3, 0.4) is 0 Å². The summed E-state index contributed by atoms with van der Waals surface area (Å²) in [4.78, 5) is 53.3. The fourth-order valence-electron chi connectivity index (χ4n) is 3.32. The van der Waals surface area contributed by atoms with E-state index < -0.39 is 23.8 Å². The molecule has 1 fully saturated rings. The van der Waals surface area contributed by atoms with Gasteiger partial charge >= 0.3 is 11.9 Å². The highest BCUT2D eigenvalue weighted by Gasteiger charge is 2.33. The third kappa shape index (κ3) is 4.86. The average Bonchev–Trinajstić information content (AvgIpc) is 3.32. The molecule has 2 amide bonds. The zero-order chi connectivity index (χ0) is 24.1. The van der Waals surface area contributed by atoms with E-state index in [1.807, 2.05) is 0 Å². The Balaban J connectivity index is 1.88. The number of benzene rings is 1. The van der Waals surface area contributed by atoms with Crippen LogP contribution in [-0.2, 0) is 9.53 Å². The largest absolute Gasteiger partial charge is 0.493 e. The molecule has 0 spiro atoms. The highest BCUT2D eigenvalue weighted by molar-refractivity contribution is 6.00. The average molecular weight is 457 g/mol. The first-order chi connectivity index (χ1) is 15.8. The summed E-state index contributed by atoms with van der Waals surface area (Å²) in [5, 5.41) is 2.60. The van der Waals surface area contributed by atoms with Crippen LogP contribution in [0.4, 0.5) is 0 Å². The third-order valence-corrected chi connectivity index (χ3v) is 4.86. The second-order valence-corrected chi connectivity index (χ2v) is 6.94. The molecule has 0 unspecified atom stereocenters. The second-order valence-electron chi connectivity index (χ2n) is 6.94. The molecule has 174 valence electrons. The number of hydrazine groups is 1. The number of carbonyl (C=O) groups is 4. The SMILES string of the molecule is COC(=O)c1ccc(C(=O)N2CCCN2C(=O)c2cc(OC)c(OC(C)=O)c(OC)c2)nc1. The van der Waals surface area contributed by atoms with E-state index in [1.54, 1.807) is 0 Å². The van der Waals surface area contributed by atoms with E-state index in [-0.39, 0.29) is 34.1 Å². The summed E-state index contributed by atoms with van der Waals surface area (Å²) in [6, 6.07) is 5.65. The maximum atomic E-state index is 13.3. The molecule has 3 rings (SSSR count). The monoisotopic (exact) mass is 457 g/mol. The summed E-state index contributed by atoms with van der Waals surface area (Å²) < 4.78 is 20.3. The van der Waals surface area contributed by atoms with E-state index in [0.717, 1.165) is 0 Å². The van der Waals surface area contributed by atoms with Crippen molar-refractivity contribution in [2.45, 2.75) is 13.3 Å². The topological polar surface area (TPSA) is 125 Å². The van der Waals surface area contributed by atoms with Gasteiger partial charge < -0.3 is 18.9 Å². The fourth-order valence-corrected chi connectivity index (χ4v) is 3.32. The van der Waals surface area contributed by atoms with Gasteiger partial charge in [-0.15, -0.1) is 0 Å². The first-order valence-electron chi connectivity index (χ1n) is 9.93. The maximum Gasteiger partial charge on any atom is 0.339 e. The van der Waals surface area contributed by atoms with Crippen LogP contribution in [-0.4, -0.2) is 73.2 Å². The van der Waals surface area contributed by atoms with Crippen molar-refractivity contribution in [3.8, 4) is 17.2 Å². The first kappa shape index (κ1) is 23.5. The van der Waals surface area contributed by atoms with Crippen LogP contribution in [0, 0.1) is 0 Å². The van der Waals surface area contributed by atoms with Crippen LogP contribution in [0.15, 0.2) is 30.5 Å². The van der Waals surface area contributed by atoms with Gasteiger partial charge in [0.05, 0.1) is 26.9 Å². The predicted octanol–water partition coefficient (Wildman–Crippen LogP) is 1.71. The normalized spacial score (nSPS) is 12.8.